The minimum atomic E-state index is 0.107. The quantitative estimate of drug-likeness (QED) is 0.715. The van der Waals surface area contributed by atoms with Crippen LogP contribution in [0.3, 0.4) is 0 Å². The minimum absolute atomic E-state index is 0.107. The van der Waals surface area contributed by atoms with Gasteiger partial charge in [0, 0.05) is 72.2 Å². The topological polar surface area (TPSA) is 47.1 Å². The van der Waals surface area contributed by atoms with Crippen LogP contribution in [-0.4, -0.2) is 96.9 Å². The summed E-state index contributed by atoms with van der Waals surface area (Å²) in [5.41, 5.74) is 0. The summed E-state index contributed by atoms with van der Waals surface area (Å²) in [6.07, 6.45) is 0.603. The number of nitrogens with zero attached hydrogens (tertiary/aromatic N) is 4. The predicted octanol–water partition coefficient (Wildman–Crippen LogP) is -0.295. The van der Waals surface area contributed by atoms with Crippen molar-refractivity contribution in [2.24, 2.45) is 0 Å². The van der Waals surface area contributed by atoms with Crippen LogP contribution in [0.1, 0.15) is 20.3 Å². The van der Waals surface area contributed by atoms with Crippen molar-refractivity contribution in [2.45, 2.75) is 20.3 Å². The van der Waals surface area contributed by atoms with Crippen molar-refractivity contribution in [1.82, 2.24) is 19.6 Å². The molecule has 2 fully saturated rings. The molecule has 0 aromatic rings. The van der Waals surface area contributed by atoms with Gasteiger partial charge in [-0.25, -0.2) is 0 Å². The second-order valence-corrected chi connectivity index (χ2v) is 5.91. The van der Waals surface area contributed by atoms with E-state index in [4.69, 9.17) is 0 Å². The van der Waals surface area contributed by atoms with Gasteiger partial charge in [0.05, 0.1) is 0 Å². The number of rotatable bonds is 4. The molecule has 2 aliphatic heterocycles. The highest BCUT2D eigenvalue weighted by Crippen LogP contribution is 2.06. The number of amides is 2. The lowest BCUT2D eigenvalue weighted by Gasteiger charge is -2.36. The Hall–Kier alpha value is -1.14. The molecule has 0 radical (unpaired) electrons. The molecule has 6 heteroatoms. The molecule has 0 saturated carbocycles. The Bertz CT molecular complexity index is 359. The second-order valence-electron chi connectivity index (χ2n) is 5.91. The lowest BCUT2D eigenvalue weighted by Crippen LogP contribution is -2.51. The summed E-state index contributed by atoms with van der Waals surface area (Å²) in [5, 5.41) is 0. The van der Waals surface area contributed by atoms with Crippen molar-refractivity contribution in [3.8, 4) is 0 Å². The second kappa shape index (κ2) is 7.75. The van der Waals surface area contributed by atoms with Crippen molar-refractivity contribution < 1.29 is 9.59 Å². The smallest absolute Gasteiger partial charge is 0.223 e. The van der Waals surface area contributed by atoms with Crippen molar-refractivity contribution in [1.29, 1.82) is 0 Å². The minimum Gasteiger partial charge on any atom is -0.339 e. The standard InChI is InChI=1S/C15H28N4O2/c1-3-16-6-8-17(9-7-16)5-4-15(21)19-12-10-18(11-13-19)14(2)20/h3-13H2,1-2H3. The van der Waals surface area contributed by atoms with E-state index in [9.17, 15) is 9.59 Å². The van der Waals surface area contributed by atoms with Gasteiger partial charge in [0.15, 0.2) is 0 Å². The predicted molar refractivity (Wildman–Crippen MR) is 82.0 cm³/mol. The van der Waals surface area contributed by atoms with Gasteiger partial charge in [0.2, 0.25) is 11.8 Å². The van der Waals surface area contributed by atoms with E-state index >= 15 is 0 Å². The van der Waals surface area contributed by atoms with Crippen LogP contribution in [0.15, 0.2) is 0 Å². The normalized spacial score (nSPS) is 21.6. The summed E-state index contributed by atoms with van der Waals surface area (Å²) in [6, 6.07) is 0. The van der Waals surface area contributed by atoms with Crippen LogP contribution in [-0.2, 0) is 9.59 Å². The third-order valence-corrected chi connectivity index (χ3v) is 4.63. The van der Waals surface area contributed by atoms with Gasteiger partial charge in [-0.05, 0) is 6.54 Å². The van der Waals surface area contributed by atoms with E-state index in [1.807, 2.05) is 9.80 Å². The molecule has 0 spiro atoms. The van der Waals surface area contributed by atoms with Crippen LogP contribution < -0.4 is 0 Å². The first-order valence-corrected chi connectivity index (χ1v) is 8.08. The summed E-state index contributed by atoms with van der Waals surface area (Å²) in [7, 11) is 0. The van der Waals surface area contributed by atoms with E-state index in [1.54, 1.807) is 6.92 Å². The van der Waals surface area contributed by atoms with Crippen LogP contribution >= 0.6 is 0 Å². The maximum Gasteiger partial charge on any atom is 0.223 e. The van der Waals surface area contributed by atoms with Gasteiger partial charge in [-0.1, -0.05) is 6.92 Å². The first-order chi connectivity index (χ1) is 10.1. The van der Waals surface area contributed by atoms with Crippen LogP contribution in [0.5, 0.6) is 0 Å². The molecule has 2 aliphatic rings. The Morgan fingerprint density at radius 3 is 1.86 bits per heavy atom. The fourth-order valence-corrected chi connectivity index (χ4v) is 3.01. The summed E-state index contributed by atoms with van der Waals surface area (Å²) >= 11 is 0. The average molecular weight is 296 g/mol. The molecule has 0 unspecified atom stereocenters. The highest BCUT2D eigenvalue weighted by Gasteiger charge is 2.23. The largest absolute Gasteiger partial charge is 0.339 e. The molecule has 0 bridgehead atoms. The molecule has 2 amide bonds. The maximum absolute atomic E-state index is 12.2. The van der Waals surface area contributed by atoms with Crippen LogP contribution in [0.4, 0.5) is 0 Å². The fraction of sp³-hybridized carbons (Fsp3) is 0.867. The van der Waals surface area contributed by atoms with Gasteiger partial charge in [-0.2, -0.15) is 0 Å². The Labute approximate surface area is 127 Å². The highest BCUT2D eigenvalue weighted by atomic mass is 16.2. The lowest BCUT2D eigenvalue weighted by atomic mass is 10.2. The van der Waals surface area contributed by atoms with E-state index in [0.29, 0.717) is 32.6 Å². The first kappa shape index (κ1) is 16.2. The van der Waals surface area contributed by atoms with Crippen molar-refractivity contribution in [3.05, 3.63) is 0 Å². The Morgan fingerprint density at radius 2 is 1.33 bits per heavy atom. The molecule has 0 aromatic carbocycles. The van der Waals surface area contributed by atoms with E-state index in [-0.39, 0.29) is 11.8 Å². The number of likely N-dealkylation sites (N-methyl/N-ethyl adjacent to an activating group) is 1. The first-order valence-electron chi connectivity index (χ1n) is 8.08. The molecule has 0 aliphatic carbocycles. The molecule has 0 atom stereocenters. The molecule has 120 valence electrons. The third kappa shape index (κ3) is 4.68. The molecule has 2 saturated heterocycles. The van der Waals surface area contributed by atoms with E-state index in [0.717, 1.165) is 39.3 Å². The van der Waals surface area contributed by atoms with Crippen LogP contribution in [0.25, 0.3) is 0 Å². The highest BCUT2D eigenvalue weighted by molar-refractivity contribution is 5.77. The number of carbonyl (C=O) groups is 2. The molecule has 2 rings (SSSR count). The van der Waals surface area contributed by atoms with Gasteiger partial charge in [0.1, 0.15) is 0 Å². The zero-order valence-electron chi connectivity index (χ0n) is 13.4. The number of hydrogen-bond acceptors (Lipinski definition) is 4. The van der Waals surface area contributed by atoms with Crippen molar-refractivity contribution in [2.75, 3.05) is 65.4 Å². The monoisotopic (exact) mass is 296 g/mol. The van der Waals surface area contributed by atoms with Gasteiger partial charge >= 0.3 is 0 Å². The number of piperazine rings is 2. The average Bonchev–Trinajstić information content (AvgIpc) is 2.53. The Balaban J connectivity index is 1.65. The van der Waals surface area contributed by atoms with E-state index < -0.39 is 0 Å². The van der Waals surface area contributed by atoms with Crippen molar-refractivity contribution >= 4 is 11.8 Å². The van der Waals surface area contributed by atoms with Gasteiger partial charge < -0.3 is 19.6 Å². The SMILES string of the molecule is CCN1CCN(CCC(=O)N2CCN(C(C)=O)CC2)CC1. The van der Waals surface area contributed by atoms with E-state index in [1.165, 1.54) is 0 Å². The number of hydrogen-bond donors (Lipinski definition) is 0. The van der Waals surface area contributed by atoms with Gasteiger partial charge in [0.25, 0.3) is 0 Å². The van der Waals surface area contributed by atoms with Gasteiger partial charge in [-0.15, -0.1) is 0 Å². The summed E-state index contributed by atoms with van der Waals surface area (Å²) < 4.78 is 0. The van der Waals surface area contributed by atoms with E-state index in [2.05, 4.69) is 16.7 Å². The number of carbonyl (C=O) groups excluding carboxylic acids is 2. The molecule has 0 aromatic heterocycles. The Kier molecular flexibility index (Phi) is 5.99. The van der Waals surface area contributed by atoms with Crippen LogP contribution in [0, 0.1) is 0 Å². The molecule has 0 N–H and O–H groups in total. The lowest BCUT2D eigenvalue weighted by molar-refractivity contribution is -0.138. The Morgan fingerprint density at radius 1 is 0.810 bits per heavy atom. The zero-order valence-corrected chi connectivity index (χ0v) is 13.4. The molecule has 6 nitrogen and oxygen atoms in total. The maximum atomic E-state index is 12.2. The molecule has 21 heavy (non-hydrogen) atoms. The fourth-order valence-electron chi connectivity index (χ4n) is 3.01. The van der Waals surface area contributed by atoms with Crippen LogP contribution in [0.2, 0.25) is 0 Å². The molecule has 2 heterocycles. The summed E-state index contributed by atoms with van der Waals surface area (Å²) in [5.74, 6) is 0.340. The third-order valence-electron chi connectivity index (χ3n) is 4.63. The molecular formula is C15H28N4O2. The van der Waals surface area contributed by atoms with Gasteiger partial charge in [-0.3, -0.25) is 9.59 Å². The zero-order chi connectivity index (χ0) is 15.2. The van der Waals surface area contributed by atoms with Crippen molar-refractivity contribution in [3.63, 3.8) is 0 Å². The molecular weight excluding hydrogens is 268 g/mol. The summed E-state index contributed by atoms with van der Waals surface area (Å²) in [4.78, 5) is 32.0. The summed E-state index contributed by atoms with van der Waals surface area (Å²) in [6.45, 7) is 12.8.